The van der Waals surface area contributed by atoms with Gasteiger partial charge in [0.15, 0.2) is 0 Å². The van der Waals surface area contributed by atoms with Crippen molar-refractivity contribution >= 4 is 44.1 Å². The lowest BCUT2D eigenvalue weighted by molar-refractivity contribution is -0.192. The van der Waals surface area contributed by atoms with Gasteiger partial charge >= 0.3 is 12.1 Å². The number of carboxylic acid groups (broad SMARTS) is 1. The van der Waals surface area contributed by atoms with Gasteiger partial charge in [-0.3, -0.25) is 4.79 Å². The van der Waals surface area contributed by atoms with Crippen LogP contribution in [0.15, 0.2) is 29.8 Å². The van der Waals surface area contributed by atoms with Crippen LogP contribution in [0.3, 0.4) is 0 Å². The maximum absolute atomic E-state index is 12.3. The van der Waals surface area contributed by atoms with Gasteiger partial charge in [-0.2, -0.15) is 18.4 Å². The van der Waals surface area contributed by atoms with Gasteiger partial charge in [0, 0.05) is 49.1 Å². The number of carbonyl (C=O) groups is 2. The number of nitrogens with zero attached hydrogens (tertiary/aromatic N) is 3. The lowest BCUT2D eigenvalue weighted by Crippen LogP contribution is -2.38. The number of alkyl halides is 3. The smallest absolute Gasteiger partial charge is 0.475 e. The molecule has 42 heavy (non-hydrogen) atoms. The van der Waals surface area contributed by atoms with Crippen LogP contribution >= 0.6 is 11.3 Å². The predicted octanol–water partition coefficient (Wildman–Crippen LogP) is 4.50. The minimum atomic E-state index is -5.08. The first-order valence-electron chi connectivity index (χ1n) is 13.0. The quantitative estimate of drug-likeness (QED) is 0.315. The average molecular weight is 628 g/mol. The standard InChI is InChI=1S/C25H31N5O3S2.C2HF3O2/c1-3-35(32,33)30-9-5-17(6-10-30)23-14-28-24-21(23)12-18(13-22(24)25(27)31)19-11-20(34-16-19)15-29(2)8-4-7-26;3-2(4,5)1(6)7/h11-14,16-17,28H,3-6,8-10,15H2,1-2H3,(H2,27,31);(H,6,7). The highest BCUT2D eigenvalue weighted by Gasteiger charge is 2.38. The Bertz CT molecular complexity index is 1570. The van der Waals surface area contributed by atoms with E-state index in [2.05, 4.69) is 33.5 Å². The molecule has 1 amide bonds. The molecular weight excluding hydrogens is 595 g/mol. The van der Waals surface area contributed by atoms with Crippen LogP contribution in [0.5, 0.6) is 0 Å². The molecule has 3 heterocycles. The zero-order valence-electron chi connectivity index (χ0n) is 23.1. The first-order valence-corrected chi connectivity index (χ1v) is 15.5. The molecule has 1 aliphatic heterocycles. The van der Waals surface area contributed by atoms with Crippen LogP contribution in [0.2, 0.25) is 0 Å². The van der Waals surface area contributed by atoms with Crippen LogP contribution in [0.25, 0.3) is 22.0 Å². The van der Waals surface area contributed by atoms with E-state index in [0.29, 0.717) is 31.6 Å². The highest BCUT2D eigenvalue weighted by atomic mass is 32.2. The second kappa shape index (κ2) is 13.7. The molecule has 15 heteroatoms. The van der Waals surface area contributed by atoms with Gasteiger partial charge in [-0.05, 0) is 73.0 Å². The van der Waals surface area contributed by atoms with Gasteiger partial charge in [0.1, 0.15) is 0 Å². The van der Waals surface area contributed by atoms with Gasteiger partial charge in [0.2, 0.25) is 10.0 Å². The number of hydrogen-bond acceptors (Lipinski definition) is 7. The number of fused-ring (bicyclic) bond motifs is 1. The normalized spacial score (nSPS) is 14.9. The molecule has 0 bridgehead atoms. The molecule has 0 aliphatic carbocycles. The third-order valence-electron chi connectivity index (χ3n) is 7.00. The summed E-state index contributed by atoms with van der Waals surface area (Å²) < 4.78 is 57.8. The number of aromatic amines is 1. The zero-order chi connectivity index (χ0) is 31.2. The summed E-state index contributed by atoms with van der Waals surface area (Å²) in [6, 6.07) is 8.24. The molecule has 3 aromatic rings. The molecule has 0 radical (unpaired) electrons. The van der Waals surface area contributed by atoms with Crippen LogP contribution in [0, 0.1) is 11.3 Å². The number of nitrogens with one attached hydrogen (secondary N) is 1. The molecule has 0 spiro atoms. The monoisotopic (exact) mass is 627 g/mol. The van der Waals surface area contributed by atoms with Crippen molar-refractivity contribution in [1.29, 1.82) is 5.26 Å². The number of aromatic nitrogens is 1. The van der Waals surface area contributed by atoms with Gasteiger partial charge < -0.3 is 20.7 Å². The van der Waals surface area contributed by atoms with Crippen molar-refractivity contribution < 1.29 is 36.3 Å². The number of aliphatic carboxylic acids is 1. The first kappa shape index (κ1) is 33.1. The average Bonchev–Trinajstić information content (AvgIpc) is 3.58. The van der Waals surface area contributed by atoms with Crippen molar-refractivity contribution in [2.75, 3.05) is 32.4 Å². The highest BCUT2D eigenvalue weighted by molar-refractivity contribution is 7.89. The molecule has 4 N–H and O–H groups in total. The number of H-pyrrole nitrogens is 1. The van der Waals surface area contributed by atoms with E-state index in [1.807, 2.05) is 19.3 Å². The molecule has 228 valence electrons. The number of benzene rings is 1. The molecule has 1 aliphatic rings. The Morgan fingerprint density at radius 1 is 1.24 bits per heavy atom. The fourth-order valence-electron chi connectivity index (χ4n) is 4.78. The lowest BCUT2D eigenvalue weighted by atomic mass is 9.88. The van der Waals surface area contributed by atoms with E-state index in [9.17, 15) is 26.4 Å². The Morgan fingerprint density at radius 3 is 2.43 bits per heavy atom. The Morgan fingerprint density at radius 2 is 1.88 bits per heavy atom. The molecule has 1 fully saturated rings. The van der Waals surface area contributed by atoms with Crippen LogP contribution in [0.1, 0.15) is 52.9 Å². The van der Waals surface area contributed by atoms with Gasteiger partial charge in [0.05, 0.1) is 22.9 Å². The summed E-state index contributed by atoms with van der Waals surface area (Å²) >= 11 is 1.65. The SMILES string of the molecule is CCS(=O)(=O)N1CCC(c2c[nH]c3c(C(N)=O)cc(-c4csc(CN(C)CCC#N)c4)cc23)CC1.O=C(O)C(F)(F)F. The van der Waals surface area contributed by atoms with E-state index in [-0.39, 0.29) is 11.7 Å². The van der Waals surface area contributed by atoms with Crippen LogP contribution in [-0.2, 0) is 21.4 Å². The zero-order valence-corrected chi connectivity index (χ0v) is 24.7. The Balaban J connectivity index is 0.000000616. The summed E-state index contributed by atoms with van der Waals surface area (Å²) in [6.45, 7) is 4.15. The minimum Gasteiger partial charge on any atom is -0.475 e. The first-order chi connectivity index (χ1) is 19.7. The fraction of sp³-hybridized carbons (Fsp3) is 0.444. The summed E-state index contributed by atoms with van der Waals surface area (Å²) in [5, 5.41) is 19.0. The molecule has 0 unspecified atom stereocenters. The summed E-state index contributed by atoms with van der Waals surface area (Å²) in [7, 11) is -1.19. The van der Waals surface area contributed by atoms with E-state index in [0.717, 1.165) is 47.0 Å². The molecule has 0 atom stereocenters. The predicted molar refractivity (Wildman–Crippen MR) is 153 cm³/mol. The highest BCUT2D eigenvalue weighted by Crippen LogP contribution is 2.38. The number of hydrogen-bond donors (Lipinski definition) is 3. The summed E-state index contributed by atoms with van der Waals surface area (Å²) in [4.78, 5) is 27.8. The van der Waals surface area contributed by atoms with E-state index in [1.165, 1.54) is 4.88 Å². The summed E-state index contributed by atoms with van der Waals surface area (Å²) in [6.07, 6.45) is -1.18. The number of thiophene rings is 1. The van der Waals surface area contributed by atoms with Gasteiger partial charge in [-0.1, -0.05) is 0 Å². The molecule has 4 rings (SSSR count). The number of halogens is 3. The van der Waals surface area contributed by atoms with Crippen LogP contribution in [0.4, 0.5) is 13.2 Å². The third kappa shape index (κ3) is 8.09. The van der Waals surface area contributed by atoms with Gasteiger partial charge in [0.25, 0.3) is 5.91 Å². The molecule has 10 nitrogen and oxygen atoms in total. The maximum atomic E-state index is 12.3. The number of carboxylic acids is 1. The summed E-state index contributed by atoms with van der Waals surface area (Å²) in [5.74, 6) is -2.92. The maximum Gasteiger partial charge on any atom is 0.490 e. The number of nitrogens with two attached hydrogens (primary N) is 1. The van der Waals surface area contributed by atoms with E-state index >= 15 is 0 Å². The van der Waals surface area contributed by atoms with E-state index in [4.69, 9.17) is 20.9 Å². The number of amides is 1. The molecule has 0 saturated carbocycles. The minimum absolute atomic E-state index is 0.118. The lowest BCUT2D eigenvalue weighted by Gasteiger charge is -2.31. The fourth-order valence-corrected chi connectivity index (χ4v) is 6.88. The Kier molecular flexibility index (Phi) is 10.8. The number of primary amides is 1. The number of sulfonamides is 1. The van der Waals surface area contributed by atoms with Crippen molar-refractivity contribution in [3.63, 3.8) is 0 Å². The second-order valence-corrected chi connectivity index (χ2v) is 13.1. The van der Waals surface area contributed by atoms with E-state index < -0.39 is 28.1 Å². The van der Waals surface area contributed by atoms with E-state index in [1.54, 1.807) is 22.6 Å². The van der Waals surface area contributed by atoms with Crippen molar-refractivity contribution in [3.8, 4) is 17.2 Å². The van der Waals surface area contributed by atoms with Gasteiger partial charge in [-0.25, -0.2) is 17.5 Å². The third-order valence-corrected chi connectivity index (χ3v) is 9.80. The molecule has 1 aromatic carbocycles. The largest absolute Gasteiger partial charge is 0.490 e. The van der Waals surface area contributed by atoms with Crippen LogP contribution in [-0.4, -0.2) is 78.2 Å². The van der Waals surface area contributed by atoms with Crippen molar-refractivity contribution in [2.24, 2.45) is 5.73 Å². The number of rotatable bonds is 9. The Hall–Kier alpha value is -3.45. The number of carbonyl (C=O) groups excluding carboxylic acids is 1. The van der Waals surface area contributed by atoms with Crippen LogP contribution < -0.4 is 5.73 Å². The molecular formula is C27H32F3N5O5S2. The summed E-state index contributed by atoms with van der Waals surface area (Å²) in [5.41, 5.74) is 9.99. The van der Waals surface area contributed by atoms with Gasteiger partial charge in [-0.15, -0.1) is 11.3 Å². The van der Waals surface area contributed by atoms with Crippen molar-refractivity contribution in [1.82, 2.24) is 14.2 Å². The number of nitriles is 1. The molecule has 2 aromatic heterocycles. The topological polar surface area (TPSA) is 161 Å². The van der Waals surface area contributed by atoms with Crippen molar-refractivity contribution in [2.45, 2.75) is 44.8 Å². The molecule has 1 saturated heterocycles. The number of piperidine rings is 1. The Labute approximate surface area is 245 Å². The second-order valence-electron chi connectivity index (χ2n) is 9.88. The van der Waals surface area contributed by atoms with Crippen molar-refractivity contribution in [3.05, 3.63) is 45.8 Å².